The first kappa shape index (κ1) is 18.8. The highest BCUT2D eigenvalue weighted by Crippen LogP contribution is 2.28. The van der Waals surface area contributed by atoms with E-state index in [0.29, 0.717) is 24.3 Å². The molecule has 6 nitrogen and oxygen atoms in total. The van der Waals surface area contributed by atoms with Gasteiger partial charge in [-0.25, -0.2) is 0 Å². The Balaban J connectivity index is 2.84. The minimum absolute atomic E-state index is 0.0856. The Morgan fingerprint density at radius 1 is 1.13 bits per heavy atom. The van der Waals surface area contributed by atoms with E-state index in [1.165, 1.54) is 7.11 Å². The standard InChI is InChI=1S/C17H25NO5/c1-5-17(6-2,11-16(20)21)18-15(19)10-12-7-8-13(22-3)14(9-12)23-4/h7-9H,5-6,10-11H2,1-4H3,(H,18,19)(H,20,21). The van der Waals surface area contributed by atoms with Crippen LogP contribution in [0.2, 0.25) is 0 Å². The number of hydrogen-bond donors (Lipinski definition) is 2. The minimum Gasteiger partial charge on any atom is -0.493 e. The SMILES string of the molecule is CCC(CC)(CC(=O)O)NC(=O)Cc1ccc(OC)c(OC)c1. The van der Waals surface area contributed by atoms with Gasteiger partial charge in [0.25, 0.3) is 0 Å². The number of carbonyl (C=O) groups is 2. The highest BCUT2D eigenvalue weighted by molar-refractivity contribution is 5.80. The van der Waals surface area contributed by atoms with Crippen LogP contribution in [-0.2, 0) is 16.0 Å². The van der Waals surface area contributed by atoms with Crippen molar-refractivity contribution in [3.05, 3.63) is 23.8 Å². The van der Waals surface area contributed by atoms with E-state index < -0.39 is 11.5 Å². The van der Waals surface area contributed by atoms with E-state index >= 15 is 0 Å². The average Bonchev–Trinajstić information content (AvgIpc) is 2.53. The van der Waals surface area contributed by atoms with E-state index in [0.717, 1.165) is 5.56 Å². The van der Waals surface area contributed by atoms with Crippen LogP contribution in [0.15, 0.2) is 18.2 Å². The molecular weight excluding hydrogens is 298 g/mol. The minimum atomic E-state index is -0.917. The number of nitrogens with one attached hydrogen (secondary N) is 1. The van der Waals surface area contributed by atoms with Gasteiger partial charge in [-0.1, -0.05) is 19.9 Å². The molecule has 0 aliphatic heterocycles. The predicted octanol–water partition coefficient (Wildman–Crippen LogP) is 2.40. The van der Waals surface area contributed by atoms with Crippen molar-refractivity contribution >= 4 is 11.9 Å². The quantitative estimate of drug-likeness (QED) is 0.729. The van der Waals surface area contributed by atoms with Gasteiger partial charge in [0, 0.05) is 5.54 Å². The largest absolute Gasteiger partial charge is 0.493 e. The second kappa shape index (κ2) is 8.41. The maximum Gasteiger partial charge on any atom is 0.305 e. The van der Waals surface area contributed by atoms with Gasteiger partial charge in [0.2, 0.25) is 5.91 Å². The number of hydrogen-bond acceptors (Lipinski definition) is 4. The molecule has 128 valence electrons. The van der Waals surface area contributed by atoms with Crippen LogP contribution < -0.4 is 14.8 Å². The lowest BCUT2D eigenvalue weighted by Crippen LogP contribution is -2.49. The number of rotatable bonds is 9. The van der Waals surface area contributed by atoms with Crippen molar-refractivity contribution in [3.63, 3.8) is 0 Å². The van der Waals surface area contributed by atoms with Crippen molar-refractivity contribution in [2.45, 2.75) is 45.1 Å². The van der Waals surface area contributed by atoms with Crippen molar-refractivity contribution in [1.82, 2.24) is 5.32 Å². The van der Waals surface area contributed by atoms with E-state index in [1.807, 2.05) is 13.8 Å². The third-order valence-electron chi connectivity index (χ3n) is 4.06. The van der Waals surface area contributed by atoms with Crippen LogP contribution in [0.5, 0.6) is 11.5 Å². The van der Waals surface area contributed by atoms with Crippen LogP contribution in [0.3, 0.4) is 0 Å². The zero-order chi connectivity index (χ0) is 17.5. The zero-order valence-corrected chi connectivity index (χ0v) is 14.1. The average molecular weight is 323 g/mol. The van der Waals surface area contributed by atoms with Crippen LogP contribution in [0.4, 0.5) is 0 Å². The van der Waals surface area contributed by atoms with Crippen molar-refractivity contribution in [3.8, 4) is 11.5 Å². The lowest BCUT2D eigenvalue weighted by atomic mass is 9.88. The van der Waals surface area contributed by atoms with Crippen molar-refractivity contribution in [2.75, 3.05) is 14.2 Å². The molecule has 6 heteroatoms. The summed E-state index contributed by atoms with van der Waals surface area (Å²) in [5.74, 6) is 0.0295. The molecule has 1 aromatic carbocycles. The lowest BCUT2D eigenvalue weighted by Gasteiger charge is -2.31. The van der Waals surface area contributed by atoms with Gasteiger partial charge in [-0.05, 0) is 30.5 Å². The summed E-state index contributed by atoms with van der Waals surface area (Å²) in [4.78, 5) is 23.4. The summed E-state index contributed by atoms with van der Waals surface area (Å²) < 4.78 is 10.4. The summed E-state index contributed by atoms with van der Waals surface area (Å²) in [6.07, 6.45) is 1.19. The molecule has 0 spiro atoms. The topological polar surface area (TPSA) is 84.9 Å². The number of carboxylic acids is 1. The zero-order valence-electron chi connectivity index (χ0n) is 14.1. The molecular formula is C17H25NO5. The van der Waals surface area contributed by atoms with Crippen LogP contribution in [0.1, 0.15) is 38.7 Å². The van der Waals surface area contributed by atoms with Crippen LogP contribution >= 0.6 is 0 Å². The second-order valence-corrected chi connectivity index (χ2v) is 5.47. The van der Waals surface area contributed by atoms with E-state index in [2.05, 4.69) is 5.32 Å². The summed E-state index contributed by atoms with van der Waals surface area (Å²) in [7, 11) is 3.08. The molecule has 23 heavy (non-hydrogen) atoms. The van der Waals surface area contributed by atoms with Gasteiger partial charge in [0.05, 0.1) is 27.1 Å². The van der Waals surface area contributed by atoms with E-state index in [4.69, 9.17) is 14.6 Å². The van der Waals surface area contributed by atoms with Crippen molar-refractivity contribution in [1.29, 1.82) is 0 Å². The first-order valence-electron chi connectivity index (χ1n) is 7.63. The van der Waals surface area contributed by atoms with Gasteiger partial charge in [0.15, 0.2) is 11.5 Å². The number of ether oxygens (including phenoxy) is 2. The predicted molar refractivity (Wildman–Crippen MR) is 87.0 cm³/mol. The first-order chi connectivity index (χ1) is 10.9. The highest BCUT2D eigenvalue weighted by Gasteiger charge is 2.30. The van der Waals surface area contributed by atoms with Gasteiger partial charge < -0.3 is 19.9 Å². The maximum atomic E-state index is 12.3. The molecule has 1 aromatic rings. The molecule has 0 aromatic heterocycles. The molecule has 0 bridgehead atoms. The van der Waals surface area contributed by atoms with Crippen molar-refractivity contribution < 1.29 is 24.2 Å². The molecule has 0 unspecified atom stereocenters. The highest BCUT2D eigenvalue weighted by atomic mass is 16.5. The maximum absolute atomic E-state index is 12.3. The summed E-state index contributed by atoms with van der Waals surface area (Å²) in [5, 5.41) is 11.9. The molecule has 0 atom stereocenters. The number of carbonyl (C=O) groups excluding carboxylic acids is 1. The molecule has 1 rings (SSSR count). The van der Waals surface area contributed by atoms with Gasteiger partial charge in [0.1, 0.15) is 0 Å². The Morgan fingerprint density at radius 3 is 2.22 bits per heavy atom. The Labute approximate surface area is 136 Å². The third-order valence-corrected chi connectivity index (χ3v) is 4.06. The Bertz CT molecular complexity index is 552. The molecule has 0 aliphatic carbocycles. The Kier molecular flexibility index (Phi) is 6.88. The van der Waals surface area contributed by atoms with Crippen molar-refractivity contribution in [2.24, 2.45) is 0 Å². The van der Waals surface area contributed by atoms with E-state index in [-0.39, 0.29) is 18.7 Å². The van der Waals surface area contributed by atoms with Gasteiger partial charge >= 0.3 is 5.97 Å². The van der Waals surface area contributed by atoms with Gasteiger partial charge in [-0.2, -0.15) is 0 Å². The van der Waals surface area contributed by atoms with Crippen LogP contribution in [0.25, 0.3) is 0 Å². The number of carboxylic acid groups (broad SMARTS) is 1. The fourth-order valence-electron chi connectivity index (χ4n) is 2.53. The molecule has 0 fully saturated rings. The summed E-state index contributed by atoms with van der Waals surface area (Å²) in [6, 6.07) is 5.28. The fraction of sp³-hybridized carbons (Fsp3) is 0.529. The number of benzene rings is 1. The summed E-state index contributed by atoms with van der Waals surface area (Å²) in [6.45, 7) is 3.76. The molecule has 0 saturated carbocycles. The van der Waals surface area contributed by atoms with E-state index in [1.54, 1.807) is 25.3 Å². The lowest BCUT2D eigenvalue weighted by molar-refractivity contribution is -0.139. The van der Waals surface area contributed by atoms with Gasteiger partial charge in [-0.3, -0.25) is 9.59 Å². The van der Waals surface area contributed by atoms with Gasteiger partial charge in [-0.15, -0.1) is 0 Å². The van der Waals surface area contributed by atoms with E-state index in [9.17, 15) is 9.59 Å². The molecule has 1 amide bonds. The summed E-state index contributed by atoms with van der Waals surface area (Å²) >= 11 is 0. The second-order valence-electron chi connectivity index (χ2n) is 5.47. The van der Waals surface area contributed by atoms with Crippen LogP contribution in [-0.4, -0.2) is 36.7 Å². The molecule has 0 saturated heterocycles. The Morgan fingerprint density at radius 2 is 1.74 bits per heavy atom. The first-order valence-corrected chi connectivity index (χ1v) is 7.63. The Hall–Kier alpha value is -2.24. The molecule has 0 aliphatic rings. The number of aliphatic carboxylic acids is 1. The normalized spacial score (nSPS) is 11.0. The molecule has 2 N–H and O–H groups in total. The fourth-order valence-corrected chi connectivity index (χ4v) is 2.53. The number of methoxy groups -OCH3 is 2. The summed E-state index contributed by atoms with van der Waals surface area (Å²) in [5.41, 5.74) is 0.0658. The monoisotopic (exact) mass is 323 g/mol. The van der Waals surface area contributed by atoms with Crippen LogP contribution in [0, 0.1) is 0 Å². The smallest absolute Gasteiger partial charge is 0.305 e. The number of amides is 1. The third kappa shape index (κ3) is 5.16. The molecule has 0 radical (unpaired) electrons. The molecule has 0 heterocycles.